The fraction of sp³-hybridized carbons (Fsp3) is 0.0714. The van der Waals surface area contributed by atoms with Gasteiger partial charge in [-0.15, -0.1) is 0 Å². The fourth-order valence-electron chi connectivity index (χ4n) is 1.42. The molecule has 0 aromatic heterocycles. The van der Waals surface area contributed by atoms with Gasteiger partial charge in [0.15, 0.2) is 0 Å². The zero-order valence-electron chi connectivity index (χ0n) is 9.10. The maximum Gasteiger partial charge on any atom is 0.338 e. The van der Waals surface area contributed by atoms with Crippen LogP contribution in [-0.2, 0) is 11.3 Å². The Morgan fingerprint density at radius 3 is 2.53 bits per heavy atom. The molecule has 0 atom stereocenters. The standard InChI is InChI=1S/C14H11ClO2/c15-13-8-4-7-12(9-13)14(16)17-10-11-5-2-1-3-6-11/h1-9H,10H2. The summed E-state index contributed by atoms with van der Waals surface area (Å²) in [7, 11) is 0. The first-order valence-electron chi connectivity index (χ1n) is 5.22. The van der Waals surface area contributed by atoms with E-state index in [2.05, 4.69) is 0 Å². The van der Waals surface area contributed by atoms with Gasteiger partial charge in [-0.25, -0.2) is 4.79 Å². The normalized spacial score (nSPS) is 9.94. The Morgan fingerprint density at radius 1 is 1.06 bits per heavy atom. The molecule has 2 aromatic rings. The molecule has 86 valence electrons. The molecule has 17 heavy (non-hydrogen) atoms. The summed E-state index contributed by atoms with van der Waals surface area (Å²) in [4.78, 5) is 11.7. The molecule has 0 unspecified atom stereocenters. The van der Waals surface area contributed by atoms with Gasteiger partial charge < -0.3 is 4.74 Å². The van der Waals surface area contributed by atoms with E-state index in [1.165, 1.54) is 0 Å². The van der Waals surface area contributed by atoms with Crippen molar-refractivity contribution in [2.75, 3.05) is 0 Å². The lowest BCUT2D eigenvalue weighted by atomic mass is 10.2. The highest BCUT2D eigenvalue weighted by atomic mass is 35.5. The van der Waals surface area contributed by atoms with Crippen LogP contribution in [0.3, 0.4) is 0 Å². The lowest BCUT2D eigenvalue weighted by molar-refractivity contribution is 0.0472. The molecular weight excluding hydrogens is 236 g/mol. The number of halogens is 1. The smallest absolute Gasteiger partial charge is 0.338 e. The second-order valence-corrected chi connectivity index (χ2v) is 4.01. The third-order valence-corrected chi connectivity index (χ3v) is 2.51. The van der Waals surface area contributed by atoms with Crippen LogP contribution in [0.5, 0.6) is 0 Å². The summed E-state index contributed by atoms with van der Waals surface area (Å²) in [5.41, 5.74) is 1.43. The Bertz CT molecular complexity index is 509. The van der Waals surface area contributed by atoms with Gasteiger partial charge in [-0.05, 0) is 23.8 Å². The number of ether oxygens (including phenoxy) is 1. The minimum absolute atomic E-state index is 0.270. The van der Waals surface area contributed by atoms with Crippen LogP contribution in [0.25, 0.3) is 0 Å². The zero-order valence-corrected chi connectivity index (χ0v) is 9.85. The Balaban J connectivity index is 1.98. The quantitative estimate of drug-likeness (QED) is 0.772. The topological polar surface area (TPSA) is 26.3 Å². The van der Waals surface area contributed by atoms with E-state index in [4.69, 9.17) is 16.3 Å². The maximum atomic E-state index is 11.7. The molecule has 0 spiro atoms. The number of carbonyl (C=O) groups is 1. The van der Waals surface area contributed by atoms with Gasteiger partial charge in [0.2, 0.25) is 0 Å². The Hall–Kier alpha value is -1.80. The van der Waals surface area contributed by atoms with Crippen LogP contribution in [0.15, 0.2) is 54.6 Å². The van der Waals surface area contributed by atoms with Gasteiger partial charge in [0.1, 0.15) is 6.61 Å². The van der Waals surface area contributed by atoms with Gasteiger partial charge in [-0.3, -0.25) is 0 Å². The summed E-state index contributed by atoms with van der Waals surface area (Å²) in [6.07, 6.45) is 0. The first kappa shape index (κ1) is 11.7. The Morgan fingerprint density at radius 2 is 1.82 bits per heavy atom. The molecule has 3 heteroatoms. The third-order valence-electron chi connectivity index (χ3n) is 2.27. The Labute approximate surface area is 105 Å². The lowest BCUT2D eigenvalue weighted by Crippen LogP contribution is -2.04. The monoisotopic (exact) mass is 246 g/mol. The predicted molar refractivity (Wildman–Crippen MR) is 67.0 cm³/mol. The van der Waals surface area contributed by atoms with E-state index in [0.29, 0.717) is 10.6 Å². The van der Waals surface area contributed by atoms with Crippen molar-refractivity contribution in [3.63, 3.8) is 0 Å². The summed E-state index contributed by atoms with van der Waals surface area (Å²) in [5.74, 6) is -0.364. The van der Waals surface area contributed by atoms with Gasteiger partial charge in [0.25, 0.3) is 0 Å². The molecule has 2 nitrogen and oxygen atoms in total. The van der Waals surface area contributed by atoms with Crippen LogP contribution in [0.1, 0.15) is 15.9 Å². The molecule has 0 aliphatic heterocycles. The van der Waals surface area contributed by atoms with E-state index in [0.717, 1.165) is 5.56 Å². The molecule has 0 amide bonds. The minimum atomic E-state index is -0.364. The minimum Gasteiger partial charge on any atom is -0.457 e. The molecule has 0 aliphatic rings. The number of rotatable bonds is 3. The molecule has 0 fully saturated rings. The van der Waals surface area contributed by atoms with E-state index in [1.54, 1.807) is 24.3 Å². The summed E-state index contributed by atoms with van der Waals surface area (Å²) in [6, 6.07) is 16.3. The average Bonchev–Trinajstić information content (AvgIpc) is 2.37. The van der Waals surface area contributed by atoms with Crippen molar-refractivity contribution in [3.8, 4) is 0 Å². The highest BCUT2D eigenvalue weighted by Gasteiger charge is 2.07. The van der Waals surface area contributed by atoms with Gasteiger partial charge in [-0.2, -0.15) is 0 Å². The van der Waals surface area contributed by atoms with Crippen molar-refractivity contribution < 1.29 is 9.53 Å². The largest absolute Gasteiger partial charge is 0.457 e. The number of carbonyl (C=O) groups excluding carboxylic acids is 1. The van der Waals surface area contributed by atoms with Crippen LogP contribution < -0.4 is 0 Å². The maximum absolute atomic E-state index is 11.7. The number of benzene rings is 2. The van der Waals surface area contributed by atoms with Crippen molar-refractivity contribution in [1.82, 2.24) is 0 Å². The van der Waals surface area contributed by atoms with Crippen molar-refractivity contribution in [2.45, 2.75) is 6.61 Å². The van der Waals surface area contributed by atoms with E-state index < -0.39 is 0 Å². The molecule has 0 radical (unpaired) electrons. The highest BCUT2D eigenvalue weighted by Crippen LogP contribution is 2.12. The molecule has 0 N–H and O–H groups in total. The zero-order chi connectivity index (χ0) is 12.1. The number of hydrogen-bond donors (Lipinski definition) is 0. The first-order valence-corrected chi connectivity index (χ1v) is 5.60. The van der Waals surface area contributed by atoms with Crippen molar-refractivity contribution >= 4 is 17.6 Å². The highest BCUT2D eigenvalue weighted by molar-refractivity contribution is 6.30. The molecule has 2 rings (SSSR count). The van der Waals surface area contributed by atoms with Crippen molar-refractivity contribution in [3.05, 3.63) is 70.7 Å². The van der Waals surface area contributed by atoms with E-state index in [-0.39, 0.29) is 12.6 Å². The van der Waals surface area contributed by atoms with E-state index in [1.807, 2.05) is 30.3 Å². The second kappa shape index (κ2) is 5.51. The SMILES string of the molecule is O=C(OCc1ccccc1)c1cccc(Cl)c1. The predicted octanol–water partition coefficient (Wildman–Crippen LogP) is 3.70. The van der Waals surface area contributed by atoms with Gasteiger partial charge in [0.05, 0.1) is 5.56 Å². The van der Waals surface area contributed by atoms with Gasteiger partial charge in [-0.1, -0.05) is 48.0 Å². The van der Waals surface area contributed by atoms with Crippen LogP contribution in [0.4, 0.5) is 0 Å². The van der Waals surface area contributed by atoms with Crippen LogP contribution in [0, 0.1) is 0 Å². The second-order valence-electron chi connectivity index (χ2n) is 3.57. The average molecular weight is 247 g/mol. The summed E-state index contributed by atoms with van der Waals surface area (Å²) < 4.78 is 5.17. The van der Waals surface area contributed by atoms with Crippen LogP contribution >= 0.6 is 11.6 Å². The van der Waals surface area contributed by atoms with E-state index in [9.17, 15) is 4.79 Å². The summed E-state index contributed by atoms with van der Waals surface area (Å²) in [5, 5.41) is 0.527. The van der Waals surface area contributed by atoms with Crippen molar-refractivity contribution in [2.24, 2.45) is 0 Å². The lowest BCUT2D eigenvalue weighted by Gasteiger charge is -2.04. The molecule has 2 aromatic carbocycles. The Kier molecular flexibility index (Phi) is 3.78. The fourth-order valence-corrected chi connectivity index (χ4v) is 1.61. The van der Waals surface area contributed by atoms with Crippen LogP contribution in [0.2, 0.25) is 5.02 Å². The molecule has 0 saturated carbocycles. The third kappa shape index (κ3) is 3.33. The molecular formula is C14H11ClO2. The molecule has 0 bridgehead atoms. The first-order chi connectivity index (χ1) is 8.25. The van der Waals surface area contributed by atoms with Gasteiger partial charge in [0, 0.05) is 5.02 Å². The van der Waals surface area contributed by atoms with Crippen LogP contribution in [-0.4, -0.2) is 5.97 Å². The summed E-state index contributed by atoms with van der Waals surface area (Å²) in [6.45, 7) is 0.270. The van der Waals surface area contributed by atoms with Gasteiger partial charge >= 0.3 is 5.97 Å². The molecule has 0 aliphatic carbocycles. The summed E-state index contributed by atoms with van der Waals surface area (Å²) >= 11 is 5.80. The molecule has 0 saturated heterocycles. The molecule has 0 heterocycles. The number of hydrogen-bond acceptors (Lipinski definition) is 2. The number of esters is 1. The van der Waals surface area contributed by atoms with E-state index >= 15 is 0 Å². The van der Waals surface area contributed by atoms with Crippen molar-refractivity contribution in [1.29, 1.82) is 0 Å².